The number of alkyl halides is 6. The van der Waals surface area contributed by atoms with Gasteiger partial charge in [-0.3, -0.25) is 0 Å². The first-order chi connectivity index (χ1) is 7.83. The fourth-order valence-corrected chi connectivity index (χ4v) is 1.02. The molecule has 0 radical (unpaired) electrons. The molecule has 0 rings (SSSR count). The fourth-order valence-electron chi connectivity index (χ4n) is 1.02. The predicted octanol–water partition coefficient (Wildman–Crippen LogP) is 2.36. The number of hydrogen-bond acceptors (Lipinski definition) is 2. The maximum atomic E-state index is 12.0. The summed E-state index contributed by atoms with van der Waals surface area (Å²) < 4.78 is 71.7. The maximum absolute atomic E-state index is 12.0. The Kier molecular flexibility index (Phi) is 4.76. The van der Waals surface area contributed by atoms with Gasteiger partial charge < -0.3 is 10.2 Å². The van der Waals surface area contributed by atoms with Gasteiger partial charge in [0, 0.05) is 0 Å². The van der Waals surface area contributed by atoms with E-state index in [4.69, 9.17) is 10.2 Å². The summed E-state index contributed by atoms with van der Waals surface area (Å²) in [5.74, 6) is -4.71. The minimum absolute atomic E-state index is 1.83. The van der Waals surface area contributed by atoms with Gasteiger partial charge in [0.05, 0.1) is 24.0 Å². The second-order valence-electron chi connectivity index (χ2n) is 3.15. The number of carbonyl (C=O) groups is 2. The van der Waals surface area contributed by atoms with E-state index in [9.17, 15) is 35.9 Å². The molecule has 0 aliphatic rings. The van der Waals surface area contributed by atoms with E-state index in [0.717, 1.165) is 0 Å². The topological polar surface area (TPSA) is 74.6 Å². The lowest BCUT2D eigenvalue weighted by Gasteiger charge is -2.12. The van der Waals surface area contributed by atoms with Crippen LogP contribution in [0.25, 0.3) is 0 Å². The van der Waals surface area contributed by atoms with Crippen LogP contribution in [0.15, 0.2) is 11.1 Å². The molecule has 0 aliphatic heterocycles. The summed E-state index contributed by atoms with van der Waals surface area (Å²) in [5, 5.41) is 16.7. The van der Waals surface area contributed by atoms with Crippen LogP contribution in [0.1, 0.15) is 12.8 Å². The number of hydrogen-bond donors (Lipinski definition) is 2. The highest BCUT2D eigenvalue weighted by atomic mass is 19.4. The molecule has 0 aromatic rings. The largest absolute Gasteiger partial charge is 0.478 e. The monoisotopic (exact) mass is 280 g/mol. The Hall–Kier alpha value is -1.74. The molecular formula is C8H6F6O4. The van der Waals surface area contributed by atoms with Crippen molar-refractivity contribution >= 4 is 11.9 Å². The summed E-state index contributed by atoms with van der Waals surface area (Å²) in [7, 11) is 0. The molecule has 4 nitrogen and oxygen atoms in total. The highest BCUT2D eigenvalue weighted by molar-refractivity contribution is 5.98. The summed E-state index contributed by atoms with van der Waals surface area (Å²) in [4.78, 5) is 20.8. The third-order valence-electron chi connectivity index (χ3n) is 1.64. The van der Waals surface area contributed by atoms with Crippen molar-refractivity contribution in [1.29, 1.82) is 0 Å². The maximum Gasteiger partial charge on any atom is 0.393 e. The molecule has 0 saturated heterocycles. The summed E-state index contributed by atoms with van der Waals surface area (Å²) in [6, 6.07) is 0. The van der Waals surface area contributed by atoms with Crippen molar-refractivity contribution in [3.63, 3.8) is 0 Å². The van der Waals surface area contributed by atoms with Crippen LogP contribution in [0, 0.1) is 0 Å². The number of carboxylic acid groups (broad SMARTS) is 2. The van der Waals surface area contributed by atoms with Gasteiger partial charge in [-0.25, -0.2) is 9.59 Å². The van der Waals surface area contributed by atoms with Crippen LogP contribution in [0.2, 0.25) is 0 Å². The summed E-state index contributed by atoms with van der Waals surface area (Å²) in [5.41, 5.74) is -3.65. The van der Waals surface area contributed by atoms with Gasteiger partial charge in [0.1, 0.15) is 0 Å². The van der Waals surface area contributed by atoms with E-state index in [1.54, 1.807) is 0 Å². The van der Waals surface area contributed by atoms with Gasteiger partial charge in [0.15, 0.2) is 0 Å². The number of aliphatic carboxylic acids is 2. The lowest BCUT2D eigenvalue weighted by Crippen LogP contribution is -2.22. The Labute approximate surface area is 95.5 Å². The quantitative estimate of drug-likeness (QED) is 0.612. The minimum Gasteiger partial charge on any atom is -0.478 e. The molecule has 0 aromatic carbocycles. The van der Waals surface area contributed by atoms with Crippen LogP contribution in [-0.4, -0.2) is 34.5 Å². The van der Waals surface area contributed by atoms with Gasteiger partial charge in [-0.15, -0.1) is 0 Å². The highest BCUT2D eigenvalue weighted by Crippen LogP contribution is 2.31. The molecule has 0 fully saturated rings. The van der Waals surface area contributed by atoms with E-state index in [2.05, 4.69) is 0 Å². The van der Waals surface area contributed by atoms with Crippen molar-refractivity contribution in [2.45, 2.75) is 25.2 Å². The molecule has 0 spiro atoms. The van der Waals surface area contributed by atoms with Crippen molar-refractivity contribution < 1.29 is 46.1 Å². The van der Waals surface area contributed by atoms with Crippen molar-refractivity contribution in [3.05, 3.63) is 11.1 Å². The van der Waals surface area contributed by atoms with Crippen molar-refractivity contribution in [2.24, 2.45) is 0 Å². The van der Waals surface area contributed by atoms with E-state index in [0.29, 0.717) is 0 Å². The predicted molar refractivity (Wildman–Crippen MR) is 43.6 cm³/mol. The van der Waals surface area contributed by atoms with E-state index in [1.807, 2.05) is 0 Å². The Morgan fingerprint density at radius 1 is 0.722 bits per heavy atom. The number of carboxylic acids is 2. The zero-order valence-corrected chi connectivity index (χ0v) is 8.39. The molecule has 0 saturated carbocycles. The van der Waals surface area contributed by atoms with Gasteiger partial charge in [0.2, 0.25) is 0 Å². The van der Waals surface area contributed by atoms with Crippen LogP contribution in [0.3, 0.4) is 0 Å². The summed E-state index contributed by atoms with van der Waals surface area (Å²) in [6.07, 6.45) is -14.7. The molecule has 0 amide bonds. The molecule has 0 aliphatic carbocycles. The number of halogens is 6. The van der Waals surface area contributed by atoms with Crippen molar-refractivity contribution in [3.8, 4) is 0 Å². The molecule has 0 atom stereocenters. The van der Waals surface area contributed by atoms with Gasteiger partial charge >= 0.3 is 24.3 Å². The average Bonchev–Trinajstić information content (AvgIpc) is 2.06. The van der Waals surface area contributed by atoms with Crippen molar-refractivity contribution in [1.82, 2.24) is 0 Å². The van der Waals surface area contributed by atoms with E-state index >= 15 is 0 Å². The van der Waals surface area contributed by atoms with Crippen LogP contribution in [0.4, 0.5) is 26.3 Å². The highest BCUT2D eigenvalue weighted by Gasteiger charge is 2.39. The standard InChI is InChI=1S/C8H6F6O4/c9-7(10,11)1-3(5(15)16)4(6(17)18)2-8(12,13)14/h1-2H2,(H,15,16)(H,17,18). The first-order valence-corrected chi connectivity index (χ1v) is 4.15. The second-order valence-corrected chi connectivity index (χ2v) is 3.15. The molecule has 2 N–H and O–H groups in total. The fraction of sp³-hybridized carbons (Fsp3) is 0.500. The zero-order valence-electron chi connectivity index (χ0n) is 8.39. The van der Waals surface area contributed by atoms with E-state index in [-0.39, 0.29) is 0 Å². The molecular weight excluding hydrogens is 274 g/mol. The minimum atomic E-state index is -5.12. The van der Waals surface area contributed by atoms with Gasteiger partial charge in [0.25, 0.3) is 0 Å². The molecule has 18 heavy (non-hydrogen) atoms. The molecule has 0 unspecified atom stereocenters. The molecule has 10 heteroatoms. The van der Waals surface area contributed by atoms with E-state index < -0.39 is 48.3 Å². The smallest absolute Gasteiger partial charge is 0.393 e. The summed E-state index contributed by atoms with van der Waals surface area (Å²) >= 11 is 0. The third-order valence-corrected chi connectivity index (χ3v) is 1.64. The van der Waals surface area contributed by atoms with Gasteiger partial charge in [-0.1, -0.05) is 0 Å². The first kappa shape index (κ1) is 16.3. The van der Waals surface area contributed by atoms with Crippen LogP contribution in [0.5, 0.6) is 0 Å². The summed E-state index contributed by atoms with van der Waals surface area (Å²) in [6.45, 7) is 0. The van der Waals surface area contributed by atoms with E-state index in [1.165, 1.54) is 0 Å². The Morgan fingerprint density at radius 2 is 0.944 bits per heavy atom. The normalized spacial score (nSPS) is 14.1. The zero-order chi connectivity index (χ0) is 14.7. The lowest BCUT2D eigenvalue weighted by molar-refractivity contribution is -0.148. The first-order valence-electron chi connectivity index (χ1n) is 4.15. The van der Waals surface area contributed by atoms with Gasteiger partial charge in [-0.2, -0.15) is 26.3 Å². The molecule has 0 aromatic heterocycles. The Morgan fingerprint density at radius 3 is 1.06 bits per heavy atom. The molecule has 104 valence electrons. The average molecular weight is 280 g/mol. The number of rotatable bonds is 4. The molecule has 0 bridgehead atoms. The lowest BCUT2D eigenvalue weighted by atomic mass is 10.0. The van der Waals surface area contributed by atoms with Crippen LogP contribution >= 0.6 is 0 Å². The van der Waals surface area contributed by atoms with Gasteiger partial charge in [-0.05, 0) is 0 Å². The SMILES string of the molecule is O=C(O)C(CC(F)(F)F)=C(CC(F)(F)F)C(=O)O. The Bertz CT molecular complexity index is 342. The molecule has 0 heterocycles. The van der Waals surface area contributed by atoms with Crippen LogP contribution < -0.4 is 0 Å². The van der Waals surface area contributed by atoms with Crippen LogP contribution in [-0.2, 0) is 9.59 Å². The second kappa shape index (κ2) is 5.27. The Balaban J connectivity index is 5.60. The van der Waals surface area contributed by atoms with Crippen molar-refractivity contribution in [2.75, 3.05) is 0 Å². The third kappa shape index (κ3) is 6.11.